The fourth-order valence-electron chi connectivity index (χ4n) is 2.42. The van der Waals surface area contributed by atoms with Gasteiger partial charge in [-0.25, -0.2) is 0 Å². The molecule has 1 aliphatic rings. The molecule has 0 saturated carbocycles. The zero-order valence-corrected chi connectivity index (χ0v) is 11.8. The summed E-state index contributed by atoms with van der Waals surface area (Å²) < 4.78 is 38.7. The van der Waals surface area contributed by atoms with Gasteiger partial charge in [0.1, 0.15) is 6.54 Å². The van der Waals surface area contributed by atoms with Crippen LogP contribution in [0.3, 0.4) is 0 Å². The van der Waals surface area contributed by atoms with E-state index in [-0.39, 0.29) is 23.7 Å². The molecular formula is C13H16F3N3O2. The van der Waals surface area contributed by atoms with Crippen molar-refractivity contribution in [3.05, 3.63) is 23.0 Å². The average molecular weight is 303 g/mol. The number of nitrogens with zero attached hydrogens (tertiary/aromatic N) is 2. The third kappa shape index (κ3) is 3.37. The van der Waals surface area contributed by atoms with Crippen LogP contribution in [0.15, 0.2) is 6.07 Å². The van der Waals surface area contributed by atoms with E-state index in [4.69, 9.17) is 0 Å². The summed E-state index contributed by atoms with van der Waals surface area (Å²) in [5.41, 5.74) is 0.849. The first kappa shape index (κ1) is 15.4. The normalized spacial score (nSPS) is 16.0. The topological polar surface area (TPSA) is 54.3 Å². The summed E-state index contributed by atoms with van der Waals surface area (Å²) in [5.74, 6) is -0.676. The Morgan fingerprint density at radius 1 is 1.38 bits per heavy atom. The van der Waals surface area contributed by atoms with Gasteiger partial charge in [-0.15, -0.1) is 0 Å². The Hall–Kier alpha value is -1.99. The van der Waals surface area contributed by atoms with E-state index in [1.165, 1.54) is 24.8 Å². The van der Waals surface area contributed by atoms with Crippen molar-refractivity contribution in [2.24, 2.45) is 0 Å². The number of aryl methyl sites for hydroxylation is 1. The lowest BCUT2D eigenvalue weighted by atomic mass is 10.2. The van der Waals surface area contributed by atoms with Crippen molar-refractivity contribution in [1.29, 1.82) is 0 Å². The second-order valence-electron chi connectivity index (χ2n) is 5.06. The van der Waals surface area contributed by atoms with E-state index in [1.807, 2.05) is 0 Å². The van der Waals surface area contributed by atoms with Crippen molar-refractivity contribution in [2.75, 3.05) is 19.6 Å². The van der Waals surface area contributed by atoms with Gasteiger partial charge < -0.3 is 14.8 Å². The van der Waals surface area contributed by atoms with Crippen molar-refractivity contribution in [2.45, 2.75) is 26.6 Å². The maximum atomic E-state index is 12.5. The molecule has 1 aliphatic heterocycles. The summed E-state index contributed by atoms with van der Waals surface area (Å²) in [7, 11) is 0. The average Bonchev–Trinajstić information content (AvgIpc) is 2.64. The fraction of sp³-hybridized carbons (Fsp3) is 0.538. The maximum absolute atomic E-state index is 12.5. The molecule has 1 saturated heterocycles. The lowest BCUT2D eigenvalue weighted by molar-refractivity contribution is -0.141. The predicted molar refractivity (Wildman–Crippen MR) is 68.9 cm³/mol. The SMILES string of the molecule is Cc1cc(C(=O)N2CCNC(=O)C2)c(C)n1CC(F)(F)F. The van der Waals surface area contributed by atoms with Crippen LogP contribution in [-0.4, -0.2) is 47.1 Å². The van der Waals surface area contributed by atoms with Gasteiger partial charge in [-0.3, -0.25) is 9.59 Å². The van der Waals surface area contributed by atoms with Gasteiger partial charge in [-0.1, -0.05) is 0 Å². The minimum absolute atomic E-state index is 0.0677. The summed E-state index contributed by atoms with van der Waals surface area (Å²) in [6.07, 6.45) is -4.35. The van der Waals surface area contributed by atoms with Gasteiger partial charge in [0.15, 0.2) is 0 Å². The second-order valence-corrected chi connectivity index (χ2v) is 5.06. The van der Waals surface area contributed by atoms with Crippen molar-refractivity contribution in [1.82, 2.24) is 14.8 Å². The van der Waals surface area contributed by atoms with E-state index in [1.54, 1.807) is 0 Å². The summed E-state index contributed by atoms with van der Waals surface area (Å²) in [5, 5.41) is 2.59. The zero-order valence-electron chi connectivity index (χ0n) is 11.8. The lowest BCUT2D eigenvalue weighted by Crippen LogP contribution is -2.50. The minimum Gasteiger partial charge on any atom is -0.353 e. The molecule has 1 aromatic rings. The van der Waals surface area contributed by atoms with Gasteiger partial charge in [0.2, 0.25) is 5.91 Å². The molecule has 0 bridgehead atoms. The highest BCUT2D eigenvalue weighted by molar-refractivity contribution is 5.98. The van der Waals surface area contributed by atoms with Crippen LogP contribution in [0, 0.1) is 13.8 Å². The Morgan fingerprint density at radius 2 is 2.05 bits per heavy atom. The number of carbonyl (C=O) groups is 2. The third-order valence-corrected chi connectivity index (χ3v) is 3.47. The molecule has 0 unspecified atom stereocenters. The Kier molecular flexibility index (Phi) is 3.97. The summed E-state index contributed by atoms with van der Waals surface area (Å²) in [6, 6.07) is 1.44. The number of hydrogen-bond donors (Lipinski definition) is 1. The van der Waals surface area contributed by atoms with Crippen LogP contribution in [0.25, 0.3) is 0 Å². The number of nitrogens with one attached hydrogen (secondary N) is 1. The monoisotopic (exact) mass is 303 g/mol. The molecule has 0 aromatic carbocycles. The van der Waals surface area contributed by atoms with Crippen LogP contribution in [0.5, 0.6) is 0 Å². The third-order valence-electron chi connectivity index (χ3n) is 3.47. The molecule has 0 spiro atoms. The molecule has 116 valence electrons. The maximum Gasteiger partial charge on any atom is 0.406 e. The summed E-state index contributed by atoms with van der Waals surface area (Å²) >= 11 is 0. The number of alkyl halides is 3. The highest BCUT2D eigenvalue weighted by Gasteiger charge is 2.31. The predicted octanol–water partition coefficient (Wildman–Crippen LogP) is 1.24. The molecule has 2 heterocycles. The van der Waals surface area contributed by atoms with E-state index in [9.17, 15) is 22.8 Å². The molecule has 5 nitrogen and oxygen atoms in total. The Balaban J connectivity index is 2.26. The number of carbonyl (C=O) groups excluding carboxylic acids is 2. The van der Waals surface area contributed by atoms with Gasteiger partial charge in [0, 0.05) is 24.5 Å². The quantitative estimate of drug-likeness (QED) is 0.894. The van der Waals surface area contributed by atoms with Crippen molar-refractivity contribution < 1.29 is 22.8 Å². The molecule has 1 N–H and O–H groups in total. The molecule has 8 heteroatoms. The molecule has 2 rings (SSSR count). The standard InChI is InChI=1S/C13H16F3N3O2/c1-8-5-10(9(2)19(8)7-13(14,15)16)12(21)18-4-3-17-11(20)6-18/h5H,3-4,6-7H2,1-2H3,(H,17,20). The van der Waals surface area contributed by atoms with Gasteiger partial charge in [-0.05, 0) is 19.9 Å². The van der Waals surface area contributed by atoms with Gasteiger partial charge in [-0.2, -0.15) is 13.2 Å². The fourth-order valence-corrected chi connectivity index (χ4v) is 2.42. The van der Waals surface area contributed by atoms with Gasteiger partial charge >= 0.3 is 6.18 Å². The molecular weight excluding hydrogens is 287 g/mol. The second kappa shape index (κ2) is 5.42. The van der Waals surface area contributed by atoms with Crippen LogP contribution in [0.2, 0.25) is 0 Å². The van der Waals surface area contributed by atoms with Crippen molar-refractivity contribution in [3.63, 3.8) is 0 Å². The summed E-state index contributed by atoms with van der Waals surface area (Å²) in [4.78, 5) is 25.0. The zero-order chi connectivity index (χ0) is 15.8. The van der Waals surface area contributed by atoms with Crippen LogP contribution >= 0.6 is 0 Å². The molecule has 1 fully saturated rings. The number of amides is 2. The van der Waals surface area contributed by atoms with Crippen molar-refractivity contribution >= 4 is 11.8 Å². The first-order valence-corrected chi connectivity index (χ1v) is 6.48. The molecule has 1 aromatic heterocycles. The van der Waals surface area contributed by atoms with Gasteiger partial charge in [0.25, 0.3) is 5.91 Å². The molecule has 2 amide bonds. The van der Waals surface area contributed by atoms with Gasteiger partial charge in [0.05, 0.1) is 12.1 Å². The van der Waals surface area contributed by atoms with E-state index < -0.39 is 18.6 Å². The van der Waals surface area contributed by atoms with Crippen molar-refractivity contribution in [3.8, 4) is 0 Å². The van der Waals surface area contributed by atoms with Crippen LogP contribution in [-0.2, 0) is 11.3 Å². The van der Waals surface area contributed by atoms with Crippen LogP contribution in [0.4, 0.5) is 13.2 Å². The Morgan fingerprint density at radius 3 is 2.62 bits per heavy atom. The molecule has 0 aliphatic carbocycles. The highest BCUT2D eigenvalue weighted by atomic mass is 19.4. The number of rotatable bonds is 2. The lowest BCUT2D eigenvalue weighted by Gasteiger charge is -2.26. The van der Waals surface area contributed by atoms with E-state index >= 15 is 0 Å². The largest absolute Gasteiger partial charge is 0.406 e. The Labute approximate surface area is 119 Å². The number of aromatic nitrogens is 1. The number of halogens is 3. The molecule has 0 atom stereocenters. The van der Waals surface area contributed by atoms with Crippen LogP contribution < -0.4 is 5.32 Å². The smallest absolute Gasteiger partial charge is 0.353 e. The minimum atomic E-state index is -4.35. The summed E-state index contributed by atoms with van der Waals surface area (Å²) in [6.45, 7) is 2.52. The first-order chi connectivity index (χ1) is 9.69. The number of hydrogen-bond acceptors (Lipinski definition) is 2. The number of piperazine rings is 1. The first-order valence-electron chi connectivity index (χ1n) is 6.48. The van der Waals surface area contributed by atoms with Crippen LogP contribution in [0.1, 0.15) is 21.7 Å². The van der Waals surface area contributed by atoms with E-state index in [0.29, 0.717) is 18.8 Å². The highest BCUT2D eigenvalue weighted by Crippen LogP contribution is 2.24. The Bertz CT molecular complexity index is 578. The molecule has 21 heavy (non-hydrogen) atoms. The van der Waals surface area contributed by atoms with E-state index in [0.717, 1.165) is 4.57 Å². The van der Waals surface area contributed by atoms with E-state index in [2.05, 4.69) is 5.32 Å². The molecule has 0 radical (unpaired) electrons.